The van der Waals surface area contributed by atoms with E-state index in [2.05, 4.69) is 5.32 Å². The molecule has 114 valence electrons. The highest BCUT2D eigenvalue weighted by Crippen LogP contribution is 2.20. The van der Waals surface area contributed by atoms with Crippen molar-refractivity contribution in [2.24, 2.45) is 5.92 Å². The molecule has 1 aliphatic rings. The first-order valence-corrected chi connectivity index (χ1v) is 6.31. The molecule has 0 aliphatic carbocycles. The zero-order valence-electron chi connectivity index (χ0n) is 10.9. The molecule has 0 radical (unpaired) electrons. The van der Waals surface area contributed by atoms with Crippen LogP contribution in [-0.4, -0.2) is 35.1 Å². The van der Waals surface area contributed by atoms with Gasteiger partial charge in [-0.05, 0) is 12.8 Å². The number of carbonyl (C=O) groups is 2. The molecule has 2 amide bonds. The predicted octanol–water partition coefficient (Wildman–Crippen LogP) is 2.43. The van der Waals surface area contributed by atoms with Crippen LogP contribution in [0.5, 0.6) is 0 Å². The number of piperidine rings is 1. The molecule has 1 saturated heterocycles. The molecule has 2 N–H and O–H groups in total. The largest absolute Gasteiger partial charge is 0.481 e. The van der Waals surface area contributed by atoms with Crippen molar-refractivity contribution in [2.45, 2.75) is 12.8 Å². The van der Waals surface area contributed by atoms with Gasteiger partial charge in [0.2, 0.25) is 0 Å². The Morgan fingerprint density at radius 3 is 2.43 bits per heavy atom. The topological polar surface area (TPSA) is 69.6 Å². The Morgan fingerprint density at radius 1 is 1.24 bits per heavy atom. The summed E-state index contributed by atoms with van der Waals surface area (Å²) in [6, 6.07) is 0.649. The molecule has 5 nitrogen and oxygen atoms in total. The first-order chi connectivity index (χ1) is 9.88. The van der Waals surface area contributed by atoms with Crippen LogP contribution in [0.4, 0.5) is 23.7 Å². The number of anilines is 1. The number of carboxylic acids is 1. The van der Waals surface area contributed by atoms with E-state index in [0.29, 0.717) is 31.5 Å². The van der Waals surface area contributed by atoms with Gasteiger partial charge in [-0.1, -0.05) is 0 Å². The van der Waals surface area contributed by atoms with Gasteiger partial charge in [-0.25, -0.2) is 18.0 Å². The fourth-order valence-corrected chi connectivity index (χ4v) is 2.19. The Balaban J connectivity index is 2.06. The van der Waals surface area contributed by atoms with E-state index in [0.717, 1.165) is 0 Å². The number of likely N-dealkylation sites (tertiary alicyclic amines) is 1. The number of aliphatic carboxylic acids is 1. The molecule has 0 bridgehead atoms. The van der Waals surface area contributed by atoms with E-state index in [9.17, 15) is 22.8 Å². The lowest BCUT2D eigenvalue weighted by Gasteiger charge is -2.30. The molecule has 1 fully saturated rings. The summed E-state index contributed by atoms with van der Waals surface area (Å²) >= 11 is 0. The van der Waals surface area contributed by atoms with Crippen LogP contribution in [0.3, 0.4) is 0 Å². The van der Waals surface area contributed by atoms with Crippen molar-refractivity contribution in [2.75, 3.05) is 18.4 Å². The molecule has 1 unspecified atom stereocenters. The zero-order valence-corrected chi connectivity index (χ0v) is 10.9. The van der Waals surface area contributed by atoms with Crippen molar-refractivity contribution in [3.8, 4) is 0 Å². The number of halogens is 3. The van der Waals surface area contributed by atoms with Crippen molar-refractivity contribution in [3.63, 3.8) is 0 Å². The minimum atomic E-state index is -1.61. The number of nitrogens with one attached hydrogen (secondary N) is 1. The fourth-order valence-electron chi connectivity index (χ4n) is 2.19. The van der Waals surface area contributed by atoms with E-state index in [1.165, 1.54) is 4.90 Å². The summed E-state index contributed by atoms with van der Waals surface area (Å²) < 4.78 is 38.9. The second kappa shape index (κ2) is 6.02. The quantitative estimate of drug-likeness (QED) is 0.824. The third kappa shape index (κ3) is 3.45. The normalized spacial score (nSPS) is 18.4. The molecule has 1 heterocycles. The number of nitrogens with zero attached hydrogens (tertiary/aromatic N) is 1. The average molecular weight is 302 g/mol. The second-order valence-electron chi connectivity index (χ2n) is 4.81. The Kier molecular flexibility index (Phi) is 4.35. The minimum Gasteiger partial charge on any atom is -0.481 e. The highest BCUT2D eigenvalue weighted by atomic mass is 19.2. The molecule has 0 aromatic heterocycles. The van der Waals surface area contributed by atoms with Crippen LogP contribution in [0.1, 0.15) is 12.8 Å². The zero-order chi connectivity index (χ0) is 15.6. The Morgan fingerprint density at radius 2 is 1.86 bits per heavy atom. The van der Waals surface area contributed by atoms with Crippen molar-refractivity contribution < 1.29 is 27.9 Å². The maximum atomic E-state index is 13.0. The van der Waals surface area contributed by atoms with Crippen LogP contribution in [-0.2, 0) is 4.79 Å². The molecule has 1 aliphatic heterocycles. The van der Waals surface area contributed by atoms with Crippen LogP contribution in [0.2, 0.25) is 0 Å². The van der Waals surface area contributed by atoms with Crippen LogP contribution < -0.4 is 5.32 Å². The van der Waals surface area contributed by atoms with Gasteiger partial charge in [0.25, 0.3) is 0 Å². The lowest BCUT2D eigenvalue weighted by molar-refractivity contribution is -0.143. The molecule has 1 atom stereocenters. The second-order valence-corrected chi connectivity index (χ2v) is 4.81. The van der Waals surface area contributed by atoms with Crippen LogP contribution in [0, 0.1) is 23.4 Å². The standard InChI is InChI=1S/C13H13F3N2O3/c14-9-4-8(5-10(15)11(9)16)17-13(21)18-3-1-2-7(6-18)12(19)20/h4-5,7H,1-3,6H2,(H,17,21)(H,19,20). The number of hydrogen-bond acceptors (Lipinski definition) is 2. The molecular formula is C13H13F3N2O3. The Hall–Kier alpha value is -2.25. The lowest BCUT2D eigenvalue weighted by atomic mass is 9.99. The highest BCUT2D eigenvalue weighted by Gasteiger charge is 2.28. The summed E-state index contributed by atoms with van der Waals surface area (Å²) in [7, 11) is 0. The average Bonchev–Trinajstić information content (AvgIpc) is 2.44. The summed E-state index contributed by atoms with van der Waals surface area (Å²) in [5.41, 5.74) is -0.228. The molecule has 1 aromatic carbocycles. The molecule has 21 heavy (non-hydrogen) atoms. The van der Waals surface area contributed by atoms with Crippen LogP contribution in [0.25, 0.3) is 0 Å². The third-order valence-electron chi connectivity index (χ3n) is 3.29. The van der Waals surface area contributed by atoms with Crippen molar-refractivity contribution >= 4 is 17.7 Å². The van der Waals surface area contributed by atoms with Gasteiger partial charge in [0.05, 0.1) is 5.92 Å². The lowest BCUT2D eigenvalue weighted by Crippen LogP contribution is -2.44. The van der Waals surface area contributed by atoms with E-state index < -0.39 is 35.4 Å². The van der Waals surface area contributed by atoms with E-state index in [1.54, 1.807) is 0 Å². The molecular weight excluding hydrogens is 289 g/mol. The van der Waals surface area contributed by atoms with E-state index in [1.807, 2.05) is 0 Å². The number of carboxylic acid groups (broad SMARTS) is 1. The maximum Gasteiger partial charge on any atom is 0.321 e. The van der Waals surface area contributed by atoms with Gasteiger partial charge in [-0.2, -0.15) is 0 Å². The number of urea groups is 1. The van der Waals surface area contributed by atoms with Gasteiger partial charge < -0.3 is 15.3 Å². The molecule has 0 saturated carbocycles. The number of rotatable bonds is 2. The van der Waals surface area contributed by atoms with Crippen molar-refractivity contribution in [1.29, 1.82) is 0 Å². The number of carbonyl (C=O) groups excluding carboxylic acids is 1. The monoisotopic (exact) mass is 302 g/mol. The summed E-state index contributed by atoms with van der Waals surface area (Å²) in [4.78, 5) is 24.1. The van der Waals surface area contributed by atoms with Crippen molar-refractivity contribution in [1.82, 2.24) is 4.90 Å². The number of amides is 2. The molecule has 2 rings (SSSR count). The number of benzene rings is 1. The van der Waals surface area contributed by atoms with Crippen molar-refractivity contribution in [3.05, 3.63) is 29.6 Å². The van der Waals surface area contributed by atoms with Gasteiger partial charge in [0.1, 0.15) is 0 Å². The molecule has 0 spiro atoms. The van der Waals surface area contributed by atoms with Gasteiger partial charge in [0, 0.05) is 30.9 Å². The van der Waals surface area contributed by atoms with E-state index in [4.69, 9.17) is 5.11 Å². The van der Waals surface area contributed by atoms with Crippen LogP contribution in [0.15, 0.2) is 12.1 Å². The molecule has 8 heteroatoms. The fraction of sp³-hybridized carbons (Fsp3) is 0.385. The Labute approximate surface area is 118 Å². The van der Waals surface area contributed by atoms with Gasteiger partial charge in [-0.3, -0.25) is 4.79 Å². The van der Waals surface area contributed by atoms with Gasteiger partial charge in [0.15, 0.2) is 17.5 Å². The minimum absolute atomic E-state index is 0.0212. The SMILES string of the molecule is O=C(O)C1CCCN(C(=O)Nc2cc(F)c(F)c(F)c2)C1. The maximum absolute atomic E-state index is 13.0. The summed E-state index contributed by atoms with van der Waals surface area (Å²) in [6.45, 7) is 0.370. The molecule has 1 aromatic rings. The first kappa shape index (κ1) is 15.1. The smallest absolute Gasteiger partial charge is 0.321 e. The highest BCUT2D eigenvalue weighted by molar-refractivity contribution is 5.89. The predicted molar refractivity (Wildman–Crippen MR) is 67.3 cm³/mol. The number of hydrogen-bond donors (Lipinski definition) is 2. The van der Waals surface area contributed by atoms with E-state index >= 15 is 0 Å². The van der Waals surface area contributed by atoms with Gasteiger partial charge in [-0.15, -0.1) is 0 Å². The van der Waals surface area contributed by atoms with E-state index in [-0.39, 0.29) is 12.2 Å². The summed E-state index contributed by atoms with van der Waals surface area (Å²) in [6.07, 6.45) is 0.995. The van der Waals surface area contributed by atoms with Gasteiger partial charge >= 0.3 is 12.0 Å². The Bertz CT molecular complexity index is 557. The van der Waals surface area contributed by atoms with Crippen LogP contribution >= 0.6 is 0 Å². The summed E-state index contributed by atoms with van der Waals surface area (Å²) in [5, 5.41) is 11.2. The summed E-state index contributed by atoms with van der Waals surface area (Å²) in [5.74, 6) is -6.09. The first-order valence-electron chi connectivity index (χ1n) is 6.31. The third-order valence-corrected chi connectivity index (χ3v) is 3.29.